The molecule has 31 heavy (non-hydrogen) atoms. The highest BCUT2D eigenvalue weighted by Gasteiger charge is 2.31. The molecule has 0 aliphatic carbocycles. The van der Waals surface area contributed by atoms with Crippen LogP contribution >= 0.6 is 0 Å². The van der Waals surface area contributed by atoms with Crippen molar-refractivity contribution in [3.8, 4) is 5.69 Å². The first-order valence-electron chi connectivity index (χ1n) is 10.6. The van der Waals surface area contributed by atoms with Gasteiger partial charge < -0.3 is 15.0 Å². The van der Waals surface area contributed by atoms with E-state index in [1.807, 2.05) is 6.07 Å². The number of rotatable bonds is 5. The van der Waals surface area contributed by atoms with Crippen molar-refractivity contribution in [2.75, 3.05) is 36.5 Å². The van der Waals surface area contributed by atoms with Gasteiger partial charge in [-0.1, -0.05) is 0 Å². The maximum Gasteiger partial charge on any atom is 0.246 e. The summed E-state index contributed by atoms with van der Waals surface area (Å²) in [5.41, 5.74) is 3.64. The number of piperidine rings is 1. The molecule has 2 aromatic carbocycles. The lowest BCUT2D eigenvalue weighted by Gasteiger charge is -2.40. The average molecular weight is 427 g/mol. The third kappa shape index (κ3) is 4.25. The molecule has 2 fully saturated rings. The minimum absolute atomic E-state index is 0. The zero-order valence-electron chi connectivity index (χ0n) is 17.4. The third-order valence-electron chi connectivity index (χ3n) is 6.21. The van der Waals surface area contributed by atoms with Crippen molar-refractivity contribution in [1.29, 1.82) is 0 Å². The largest absolute Gasteiger partial charge is 0.381 e. The Labute approximate surface area is 181 Å². The summed E-state index contributed by atoms with van der Waals surface area (Å²) in [4.78, 5) is 6.69. The Balaban J connectivity index is 0.00000245. The van der Waals surface area contributed by atoms with E-state index in [2.05, 4.69) is 39.4 Å². The predicted molar refractivity (Wildman–Crippen MR) is 117 cm³/mol. The molecule has 0 atom stereocenters. The van der Waals surface area contributed by atoms with Gasteiger partial charge in [-0.3, -0.25) is 0 Å². The molecule has 5 rings (SSSR count). The van der Waals surface area contributed by atoms with Crippen molar-refractivity contribution in [2.24, 2.45) is 11.8 Å². The third-order valence-corrected chi connectivity index (χ3v) is 6.21. The molecule has 1 N–H and O–H groups in total. The van der Waals surface area contributed by atoms with Gasteiger partial charge >= 0.3 is 0 Å². The van der Waals surface area contributed by atoms with Crippen LogP contribution in [0.1, 0.15) is 19.8 Å². The highest BCUT2D eigenvalue weighted by atomic mass is 19.2. The van der Waals surface area contributed by atoms with Crippen LogP contribution < -0.4 is 10.2 Å². The smallest absolute Gasteiger partial charge is 0.246 e. The first kappa shape index (κ1) is 19.9. The average Bonchev–Trinajstić information content (AvgIpc) is 3.17. The van der Waals surface area contributed by atoms with Crippen LogP contribution in [-0.4, -0.2) is 41.1 Å². The Morgan fingerprint density at radius 3 is 2.52 bits per heavy atom. The monoisotopic (exact) mass is 427 g/mol. The van der Waals surface area contributed by atoms with Gasteiger partial charge in [0.2, 0.25) is 5.95 Å². The molecular weight excluding hydrogens is 400 g/mol. The summed E-state index contributed by atoms with van der Waals surface area (Å²) in [6.45, 7) is 6.02. The molecule has 2 saturated heterocycles. The van der Waals surface area contributed by atoms with E-state index in [1.165, 1.54) is 35.6 Å². The molecule has 0 radical (unpaired) electrons. The van der Waals surface area contributed by atoms with E-state index < -0.39 is 11.6 Å². The Kier molecular flexibility index (Phi) is 5.31. The minimum Gasteiger partial charge on any atom is -0.381 e. The summed E-state index contributed by atoms with van der Waals surface area (Å²) in [5, 5.41) is 7.58. The first-order chi connectivity index (χ1) is 15.0. The molecule has 8 heteroatoms. The van der Waals surface area contributed by atoms with Crippen LogP contribution in [-0.2, 0) is 4.74 Å². The molecule has 3 heterocycles. The highest BCUT2D eigenvalue weighted by molar-refractivity contribution is 5.64. The second-order valence-electron chi connectivity index (χ2n) is 8.42. The zero-order chi connectivity index (χ0) is 21.4. The van der Waals surface area contributed by atoms with Crippen molar-refractivity contribution in [3.63, 3.8) is 0 Å². The number of aryl methyl sites for hydroxylation is 1. The van der Waals surface area contributed by atoms with Gasteiger partial charge in [0.05, 0.1) is 18.9 Å². The lowest BCUT2D eigenvalue weighted by molar-refractivity contribution is -0.0650. The van der Waals surface area contributed by atoms with E-state index in [0.29, 0.717) is 11.6 Å². The predicted octanol–water partition coefficient (Wildman–Crippen LogP) is 4.71. The van der Waals surface area contributed by atoms with E-state index in [4.69, 9.17) is 4.74 Å². The van der Waals surface area contributed by atoms with E-state index in [0.717, 1.165) is 61.5 Å². The molecule has 0 spiro atoms. The van der Waals surface area contributed by atoms with E-state index in [1.54, 1.807) is 0 Å². The summed E-state index contributed by atoms with van der Waals surface area (Å²) in [7, 11) is 0. The summed E-state index contributed by atoms with van der Waals surface area (Å²) in [5.74, 6) is 0.105. The molecule has 0 bridgehead atoms. The lowest BCUT2D eigenvalue weighted by atomic mass is 9.83. The van der Waals surface area contributed by atoms with Crippen molar-refractivity contribution in [3.05, 3.63) is 59.9 Å². The summed E-state index contributed by atoms with van der Waals surface area (Å²) >= 11 is 0. The topological polar surface area (TPSA) is 55.2 Å². The Morgan fingerprint density at radius 1 is 1.00 bits per heavy atom. The number of nitrogens with one attached hydrogen (secondary N) is 1. The number of anilines is 3. The summed E-state index contributed by atoms with van der Waals surface area (Å²) in [6, 6.07) is 9.98. The van der Waals surface area contributed by atoms with Crippen LogP contribution in [0, 0.1) is 30.4 Å². The molecule has 2 aliphatic rings. The van der Waals surface area contributed by atoms with Gasteiger partial charge in [-0.05, 0) is 61.6 Å². The standard InChI is InChI=1S/C23H25F2N5O.H2/c1-15-8-18(10-20(9-15)29-6-4-16(5-7-29)17-12-31-13-17)27-23-26-14-30(28-23)19-2-3-21(24)22(25)11-19;/h2-3,8-11,14,16-17H,4-7,12-13H2,1H3,(H,27,28);1H. The summed E-state index contributed by atoms with van der Waals surface area (Å²) in [6.07, 6.45) is 3.87. The fourth-order valence-electron chi connectivity index (χ4n) is 4.37. The van der Waals surface area contributed by atoms with E-state index >= 15 is 0 Å². The van der Waals surface area contributed by atoms with Crippen LogP contribution in [0.15, 0.2) is 42.7 Å². The number of nitrogens with zero attached hydrogens (tertiary/aromatic N) is 4. The molecule has 6 nitrogen and oxygen atoms in total. The van der Waals surface area contributed by atoms with Gasteiger partial charge in [0.25, 0.3) is 0 Å². The van der Waals surface area contributed by atoms with Gasteiger partial charge in [-0.25, -0.2) is 13.5 Å². The lowest BCUT2D eigenvalue weighted by Crippen LogP contribution is -2.42. The van der Waals surface area contributed by atoms with Crippen molar-refractivity contribution >= 4 is 17.3 Å². The Morgan fingerprint density at radius 2 is 1.81 bits per heavy atom. The SMILES string of the molecule is Cc1cc(Nc2ncn(-c3ccc(F)c(F)c3)n2)cc(N2CCC(C3COC3)CC2)c1.[HH]. The number of halogens is 2. The van der Waals surface area contributed by atoms with E-state index in [-0.39, 0.29) is 1.43 Å². The van der Waals surface area contributed by atoms with Gasteiger partial charge in [-0.15, -0.1) is 5.10 Å². The fourth-order valence-corrected chi connectivity index (χ4v) is 4.37. The van der Waals surface area contributed by atoms with Crippen LogP contribution in [0.5, 0.6) is 0 Å². The molecule has 0 saturated carbocycles. The van der Waals surface area contributed by atoms with Crippen LogP contribution in [0.25, 0.3) is 5.69 Å². The fraction of sp³-hybridized carbons (Fsp3) is 0.391. The summed E-state index contributed by atoms with van der Waals surface area (Å²) < 4.78 is 33.5. The number of benzene rings is 2. The normalized spacial score (nSPS) is 17.6. The molecule has 0 amide bonds. The van der Waals surface area contributed by atoms with E-state index in [9.17, 15) is 8.78 Å². The second kappa shape index (κ2) is 8.26. The maximum absolute atomic E-state index is 13.5. The van der Waals surface area contributed by atoms with Crippen molar-refractivity contribution < 1.29 is 14.9 Å². The van der Waals surface area contributed by atoms with Crippen molar-refractivity contribution in [2.45, 2.75) is 19.8 Å². The van der Waals surface area contributed by atoms with Crippen LogP contribution in [0.4, 0.5) is 26.1 Å². The van der Waals surface area contributed by atoms with Gasteiger partial charge in [0.1, 0.15) is 6.33 Å². The second-order valence-corrected chi connectivity index (χ2v) is 8.42. The molecular formula is C23H27F2N5O. The number of hydrogen-bond donors (Lipinski definition) is 1. The molecule has 1 aromatic heterocycles. The van der Waals surface area contributed by atoms with Crippen molar-refractivity contribution in [1.82, 2.24) is 14.8 Å². The molecule has 164 valence electrons. The van der Waals surface area contributed by atoms with Crippen LogP contribution in [0.3, 0.4) is 0 Å². The van der Waals surface area contributed by atoms with Crippen LogP contribution in [0.2, 0.25) is 0 Å². The van der Waals surface area contributed by atoms with Gasteiger partial charge in [0.15, 0.2) is 11.6 Å². The van der Waals surface area contributed by atoms with Gasteiger partial charge in [0, 0.05) is 37.9 Å². The Hall–Kier alpha value is -3.00. The first-order valence-corrected chi connectivity index (χ1v) is 10.6. The molecule has 3 aromatic rings. The molecule has 2 aliphatic heterocycles. The quantitative estimate of drug-likeness (QED) is 0.639. The molecule has 0 unspecified atom stereocenters. The zero-order valence-corrected chi connectivity index (χ0v) is 17.4. The highest BCUT2D eigenvalue weighted by Crippen LogP contribution is 2.33. The minimum atomic E-state index is -0.917. The maximum atomic E-state index is 13.5. The number of ether oxygens (including phenoxy) is 1. The number of hydrogen-bond acceptors (Lipinski definition) is 5. The number of aromatic nitrogens is 3. The Bertz CT molecular complexity index is 1080. The van der Waals surface area contributed by atoms with Gasteiger partial charge in [-0.2, -0.15) is 4.98 Å².